The molecular weight excluding hydrogens is 245 g/mol. The molecule has 1 atom stereocenters. The highest BCUT2D eigenvalue weighted by Crippen LogP contribution is 2.17. The van der Waals surface area contributed by atoms with Gasteiger partial charge in [0.05, 0.1) is 18.7 Å². The Morgan fingerprint density at radius 1 is 1.32 bits per heavy atom. The molecule has 19 heavy (non-hydrogen) atoms. The molecule has 0 bridgehead atoms. The molecule has 1 aliphatic heterocycles. The van der Waals surface area contributed by atoms with Crippen molar-refractivity contribution in [2.75, 3.05) is 19.7 Å². The lowest BCUT2D eigenvalue weighted by atomic mass is 10.1. The van der Waals surface area contributed by atoms with Gasteiger partial charge in [-0.25, -0.2) is 4.39 Å². The van der Waals surface area contributed by atoms with Gasteiger partial charge < -0.3 is 5.11 Å². The summed E-state index contributed by atoms with van der Waals surface area (Å²) >= 11 is 0. The minimum Gasteiger partial charge on any atom is -0.395 e. The lowest BCUT2D eigenvalue weighted by Crippen LogP contribution is -2.41. The van der Waals surface area contributed by atoms with Crippen molar-refractivity contribution in [3.05, 3.63) is 35.6 Å². The van der Waals surface area contributed by atoms with Gasteiger partial charge in [0, 0.05) is 6.04 Å². The summed E-state index contributed by atoms with van der Waals surface area (Å²) in [6, 6.07) is 6.10. The summed E-state index contributed by atoms with van der Waals surface area (Å²) in [5, 5.41) is 9.40. The summed E-state index contributed by atoms with van der Waals surface area (Å²) < 4.78 is 13.6. The van der Waals surface area contributed by atoms with E-state index in [1.54, 1.807) is 12.1 Å². The number of hydrogen-bond donors (Lipinski definition) is 1. The van der Waals surface area contributed by atoms with Crippen molar-refractivity contribution < 1.29 is 14.3 Å². The Balaban J connectivity index is 2.06. The number of benzene rings is 1. The van der Waals surface area contributed by atoms with E-state index >= 15 is 0 Å². The standard InChI is InChI=1S/C15H20FNO2/c16-14-8-4-3-7-13(14)15(19)10-17-9-5-1-2-6-12(17)11-18/h3-4,7-8,12,18H,1-2,5-6,9-11H2. The minimum atomic E-state index is -0.470. The summed E-state index contributed by atoms with van der Waals surface area (Å²) in [6.45, 7) is 1.04. The maximum Gasteiger partial charge on any atom is 0.179 e. The second-order valence-corrected chi connectivity index (χ2v) is 5.06. The van der Waals surface area contributed by atoms with Gasteiger partial charge in [0.25, 0.3) is 0 Å². The topological polar surface area (TPSA) is 40.5 Å². The highest BCUT2D eigenvalue weighted by atomic mass is 19.1. The molecule has 1 heterocycles. The average molecular weight is 265 g/mol. The fourth-order valence-electron chi connectivity index (χ4n) is 2.61. The molecule has 2 rings (SSSR count). The molecule has 1 aromatic carbocycles. The van der Waals surface area contributed by atoms with E-state index in [-0.39, 0.29) is 30.5 Å². The molecule has 0 aliphatic carbocycles. The maximum absolute atomic E-state index is 13.6. The van der Waals surface area contributed by atoms with Gasteiger partial charge in [-0.2, -0.15) is 0 Å². The molecule has 0 spiro atoms. The van der Waals surface area contributed by atoms with Crippen LogP contribution < -0.4 is 0 Å². The van der Waals surface area contributed by atoms with Gasteiger partial charge in [0.1, 0.15) is 5.82 Å². The normalized spacial score (nSPS) is 21.1. The van der Waals surface area contributed by atoms with E-state index in [9.17, 15) is 14.3 Å². The number of aliphatic hydroxyl groups excluding tert-OH is 1. The number of ketones is 1. The largest absolute Gasteiger partial charge is 0.395 e. The molecule has 104 valence electrons. The monoisotopic (exact) mass is 265 g/mol. The van der Waals surface area contributed by atoms with Crippen LogP contribution in [0.15, 0.2) is 24.3 Å². The fraction of sp³-hybridized carbons (Fsp3) is 0.533. The summed E-state index contributed by atoms with van der Waals surface area (Å²) in [4.78, 5) is 14.1. The molecule has 1 fully saturated rings. The van der Waals surface area contributed by atoms with Crippen molar-refractivity contribution in [3.63, 3.8) is 0 Å². The summed E-state index contributed by atoms with van der Waals surface area (Å²) in [5.41, 5.74) is 0.142. The zero-order valence-electron chi connectivity index (χ0n) is 11.0. The number of hydrogen-bond acceptors (Lipinski definition) is 3. The molecule has 0 amide bonds. The van der Waals surface area contributed by atoms with Crippen LogP contribution in [0.4, 0.5) is 4.39 Å². The Bertz CT molecular complexity index is 436. The van der Waals surface area contributed by atoms with E-state index in [4.69, 9.17) is 0 Å². The maximum atomic E-state index is 13.6. The average Bonchev–Trinajstić information content (AvgIpc) is 2.64. The molecule has 1 aliphatic rings. The zero-order chi connectivity index (χ0) is 13.7. The van der Waals surface area contributed by atoms with Crippen molar-refractivity contribution in [1.29, 1.82) is 0 Å². The number of carbonyl (C=O) groups excluding carboxylic acids is 1. The van der Waals surface area contributed by atoms with E-state index in [0.717, 1.165) is 32.2 Å². The van der Waals surface area contributed by atoms with E-state index in [2.05, 4.69) is 0 Å². The molecule has 1 saturated heterocycles. The molecular formula is C15H20FNO2. The second kappa shape index (κ2) is 6.78. The van der Waals surface area contributed by atoms with Crippen molar-refractivity contribution in [2.45, 2.75) is 31.7 Å². The molecule has 1 N–H and O–H groups in total. The predicted molar refractivity (Wildman–Crippen MR) is 71.6 cm³/mol. The SMILES string of the molecule is O=C(CN1CCCCCC1CO)c1ccccc1F. The molecule has 0 aromatic heterocycles. The van der Waals surface area contributed by atoms with Gasteiger partial charge in [-0.1, -0.05) is 25.0 Å². The molecule has 4 heteroatoms. The van der Waals surface area contributed by atoms with Gasteiger partial charge in [0.2, 0.25) is 0 Å². The number of likely N-dealkylation sites (tertiary alicyclic amines) is 1. The minimum absolute atomic E-state index is 0.0261. The Labute approximate surface area is 113 Å². The van der Waals surface area contributed by atoms with Crippen LogP contribution in [0.5, 0.6) is 0 Å². The van der Waals surface area contributed by atoms with Gasteiger partial charge in [-0.15, -0.1) is 0 Å². The molecule has 1 unspecified atom stereocenters. The fourth-order valence-corrected chi connectivity index (χ4v) is 2.61. The summed E-state index contributed by atoms with van der Waals surface area (Å²) in [6.07, 6.45) is 4.14. The molecule has 0 saturated carbocycles. The van der Waals surface area contributed by atoms with Crippen molar-refractivity contribution >= 4 is 5.78 Å². The highest BCUT2D eigenvalue weighted by Gasteiger charge is 2.23. The molecule has 1 aromatic rings. The molecule has 0 radical (unpaired) electrons. The lowest BCUT2D eigenvalue weighted by Gasteiger charge is -2.27. The number of Topliss-reactive ketones (excluding diaryl/α,β-unsaturated/α-hetero) is 1. The smallest absolute Gasteiger partial charge is 0.179 e. The van der Waals surface area contributed by atoms with Crippen molar-refractivity contribution in [1.82, 2.24) is 4.90 Å². The van der Waals surface area contributed by atoms with Gasteiger partial charge in [0.15, 0.2) is 5.78 Å². The van der Waals surface area contributed by atoms with Crippen LogP contribution in [-0.2, 0) is 0 Å². The van der Waals surface area contributed by atoms with Crippen LogP contribution in [0.1, 0.15) is 36.0 Å². The number of aliphatic hydroxyl groups is 1. The third-order valence-electron chi connectivity index (χ3n) is 3.73. The van der Waals surface area contributed by atoms with E-state index < -0.39 is 5.82 Å². The molecule has 3 nitrogen and oxygen atoms in total. The second-order valence-electron chi connectivity index (χ2n) is 5.06. The van der Waals surface area contributed by atoms with Crippen LogP contribution in [0.25, 0.3) is 0 Å². The van der Waals surface area contributed by atoms with Crippen LogP contribution in [0.2, 0.25) is 0 Å². The first-order valence-corrected chi connectivity index (χ1v) is 6.85. The third-order valence-corrected chi connectivity index (χ3v) is 3.73. The van der Waals surface area contributed by atoms with Crippen molar-refractivity contribution in [2.24, 2.45) is 0 Å². The van der Waals surface area contributed by atoms with Crippen LogP contribution >= 0.6 is 0 Å². The Morgan fingerprint density at radius 2 is 2.11 bits per heavy atom. The predicted octanol–water partition coefficient (Wildman–Crippen LogP) is 2.25. The first kappa shape index (κ1) is 14.2. The van der Waals surface area contributed by atoms with Crippen LogP contribution in [-0.4, -0.2) is 41.5 Å². The van der Waals surface area contributed by atoms with Gasteiger partial charge in [-0.05, 0) is 31.5 Å². The first-order valence-electron chi connectivity index (χ1n) is 6.85. The number of halogens is 1. The Morgan fingerprint density at radius 3 is 2.84 bits per heavy atom. The highest BCUT2D eigenvalue weighted by molar-refractivity contribution is 5.97. The number of rotatable bonds is 4. The van der Waals surface area contributed by atoms with E-state index in [1.165, 1.54) is 12.1 Å². The first-order chi connectivity index (χ1) is 9.22. The van der Waals surface area contributed by atoms with Gasteiger partial charge in [-0.3, -0.25) is 9.69 Å². The zero-order valence-corrected chi connectivity index (χ0v) is 11.0. The van der Waals surface area contributed by atoms with Crippen LogP contribution in [0, 0.1) is 5.82 Å². The summed E-state index contributed by atoms with van der Waals surface area (Å²) in [7, 11) is 0. The Hall–Kier alpha value is -1.26. The number of carbonyl (C=O) groups is 1. The van der Waals surface area contributed by atoms with Crippen LogP contribution in [0.3, 0.4) is 0 Å². The van der Waals surface area contributed by atoms with Gasteiger partial charge >= 0.3 is 0 Å². The van der Waals surface area contributed by atoms with E-state index in [1.807, 2.05) is 4.90 Å². The Kier molecular flexibility index (Phi) is 5.05. The van der Waals surface area contributed by atoms with E-state index in [0.29, 0.717) is 0 Å². The quantitative estimate of drug-likeness (QED) is 0.849. The van der Waals surface area contributed by atoms with Crippen molar-refractivity contribution in [3.8, 4) is 0 Å². The lowest BCUT2D eigenvalue weighted by molar-refractivity contribution is 0.0822. The third kappa shape index (κ3) is 3.61. The summed E-state index contributed by atoms with van der Waals surface area (Å²) in [5.74, 6) is -0.679. The number of nitrogens with zero attached hydrogens (tertiary/aromatic N) is 1.